The van der Waals surface area contributed by atoms with Crippen LogP contribution in [-0.2, 0) is 0 Å². The third-order valence-electron chi connectivity index (χ3n) is 3.00. The molecule has 0 atom stereocenters. The van der Waals surface area contributed by atoms with Crippen LogP contribution in [0.2, 0.25) is 10.3 Å². The fraction of sp³-hybridized carbons (Fsp3) is 0. The zero-order valence-corrected chi connectivity index (χ0v) is 14.0. The van der Waals surface area contributed by atoms with E-state index in [1.807, 2.05) is 0 Å². The lowest BCUT2D eigenvalue weighted by molar-refractivity contribution is 0.102. The summed E-state index contributed by atoms with van der Waals surface area (Å²) in [5.74, 6) is -2.41. The summed E-state index contributed by atoms with van der Waals surface area (Å²) in [6.07, 6.45) is 0. The minimum Gasteiger partial charge on any atom is -0.298 e. The van der Waals surface area contributed by atoms with Crippen LogP contribution in [0, 0.1) is 11.6 Å². The van der Waals surface area contributed by atoms with Crippen molar-refractivity contribution in [3.8, 4) is 11.3 Å². The molecule has 0 aliphatic heterocycles. The molecular weight excluding hydrogens is 379 g/mol. The van der Waals surface area contributed by atoms with Gasteiger partial charge in [-0.2, -0.15) is 0 Å². The van der Waals surface area contributed by atoms with Crippen LogP contribution in [0.3, 0.4) is 0 Å². The van der Waals surface area contributed by atoms with Crippen LogP contribution in [0.25, 0.3) is 11.3 Å². The number of rotatable bonds is 3. The first-order chi connectivity index (χ1) is 11.4. The van der Waals surface area contributed by atoms with Crippen molar-refractivity contribution in [3.05, 3.63) is 63.2 Å². The van der Waals surface area contributed by atoms with E-state index >= 15 is 0 Å². The van der Waals surface area contributed by atoms with E-state index in [9.17, 15) is 13.6 Å². The number of pyridine rings is 1. The molecule has 1 N–H and O–H groups in total. The number of aromatic nitrogens is 2. The van der Waals surface area contributed by atoms with Gasteiger partial charge in [-0.1, -0.05) is 23.2 Å². The Morgan fingerprint density at radius 2 is 1.88 bits per heavy atom. The van der Waals surface area contributed by atoms with E-state index in [-0.39, 0.29) is 21.0 Å². The number of nitrogens with zero attached hydrogens (tertiary/aromatic N) is 2. The maximum atomic E-state index is 13.3. The molecule has 2 heterocycles. The number of anilines is 1. The van der Waals surface area contributed by atoms with Crippen molar-refractivity contribution in [2.24, 2.45) is 0 Å². The summed E-state index contributed by atoms with van der Waals surface area (Å²) in [4.78, 5) is 20.1. The van der Waals surface area contributed by atoms with E-state index in [0.717, 1.165) is 23.5 Å². The number of amides is 1. The molecule has 24 heavy (non-hydrogen) atoms. The molecule has 2 aromatic heterocycles. The molecule has 0 saturated heterocycles. The van der Waals surface area contributed by atoms with Crippen LogP contribution in [0.4, 0.5) is 13.9 Å². The van der Waals surface area contributed by atoms with Crippen molar-refractivity contribution in [1.29, 1.82) is 0 Å². The van der Waals surface area contributed by atoms with Crippen molar-refractivity contribution >= 4 is 45.6 Å². The highest BCUT2D eigenvalue weighted by molar-refractivity contribution is 7.14. The molecule has 122 valence electrons. The summed E-state index contributed by atoms with van der Waals surface area (Å²) >= 11 is 12.7. The molecular formula is C15H7Cl2F2N3OS. The second-order valence-corrected chi connectivity index (χ2v) is 6.20. The van der Waals surface area contributed by atoms with E-state index in [1.54, 1.807) is 5.38 Å². The first kappa shape index (κ1) is 16.8. The second kappa shape index (κ2) is 6.80. The highest BCUT2D eigenvalue weighted by Crippen LogP contribution is 2.27. The van der Waals surface area contributed by atoms with Gasteiger partial charge >= 0.3 is 0 Å². The van der Waals surface area contributed by atoms with Gasteiger partial charge in [-0.05, 0) is 30.3 Å². The SMILES string of the molecule is O=C(Nc1nc(-c2ccc(F)c(F)c2)cs1)c1ccc(Cl)nc1Cl. The van der Waals surface area contributed by atoms with Gasteiger partial charge in [-0.25, -0.2) is 18.7 Å². The first-order valence-electron chi connectivity index (χ1n) is 6.48. The van der Waals surface area contributed by atoms with Gasteiger partial charge in [-0.15, -0.1) is 11.3 Å². The molecule has 0 unspecified atom stereocenters. The van der Waals surface area contributed by atoms with Gasteiger partial charge in [0.15, 0.2) is 16.8 Å². The van der Waals surface area contributed by atoms with E-state index in [4.69, 9.17) is 23.2 Å². The molecule has 3 rings (SSSR count). The number of hydrogen-bond acceptors (Lipinski definition) is 4. The van der Waals surface area contributed by atoms with Crippen molar-refractivity contribution < 1.29 is 13.6 Å². The maximum Gasteiger partial charge on any atom is 0.260 e. The summed E-state index contributed by atoms with van der Waals surface area (Å²) in [5, 5.41) is 4.61. The van der Waals surface area contributed by atoms with E-state index < -0.39 is 17.5 Å². The molecule has 0 saturated carbocycles. The number of hydrogen-bond donors (Lipinski definition) is 1. The van der Waals surface area contributed by atoms with Crippen LogP contribution in [0.15, 0.2) is 35.7 Å². The predicted molar refractivity (Wildman–Crippen MR) is 89.7 cm³/mol. The average Bonchev–Trinajstić information content (AvgIpc) is 2.98. The van der Waals surface area contributed by atoms with E-state index in [1.165, 1.54) is 18.2 Å². The quantitative estimate of drug-likeness (QED) is 0.642. The first-order valence-corrected chi connectivity index (χ1v) is 8.12. The summed E-state index contributed by atoms with van der Waals surface area (Å²) < 4.78 is 26.2. The number of nitrogens with one attached hydrogen (secondary N) is 1. The van der Waals surface area contributed by atoms with Crippen molar-refractivity contribution in [1.82, 2.24) is 9.97 Å². The lowest BCUT2D eigenvalue weighted by Gasteiger charge is -2.03. The lowest BCUT2D eigenvalue weighted by Crippen LogP contribution is -2.12. The fourth-order valence-electron chi connectivity index (χ4n) is 1.87. The maximum absolute atomic E-state index is 13.3. The fourth-order valence-corrected chi connectivity index (χ4v) is 3.01. The minimum atomic E-state index is -0.967. The van der Waals surface area contributed by atoms with Crippen LogP contribution < -0.4 is 5.32 Å². The predicted octanol–water partition coefficient (Wildman–Crippen LogP) is 5.04. The molecule has 0 spiro atoms. The largest absolute Gasteiger partial charge is 0.298 e. The number of thiazole rings is 1. The van der Waals surface area contributed by atoms with Crippen molar-refractivity contribution in [2.75, 3.05) is 5.32 Å². The average molecular weight is 386 g/mol. The molecule has 0 fully saturated rings. The van der Waals surface area contributed by atoms with Crippen LogP contribution in [-0.4, -0.2) is 15.9 Å². The number of benzene rings is 1. The van der Waals surface area contributed by atoms with Gasteiger partial charge in [0.1, 0.15) is 10.3 Å². The zero-order valence-electron chi connectivity index (χ0n) is 11.7. The monoisotopic (exact) mass is 385 g/mol. The van der Waals surface area contributed by atoms with Crippen LogP contribution in [0.5, 0.6) is 0 Å². The van der Waals surface area contributed by atoms with Crippen molar-refractivity contribution in [3.63, 3.8) is 0 Å². The highest BCUT2D eigenvalue weighted by Gasteiger charge is 2.15. The Balaban J connectivity index is 1.80. The van der Waals surface area contributed by atoms with E-state index in [0.29, 0.717) is 11.3 Å². The molecule has 0 aliphatic carbocycles. The van der Waals surface area contributed by atoms with Gasteiger partial charge in [0.05, 0.1) is 11.3 Å². The summed E-state index contributed by atoms with van der Waals surface area (Å²) in [6, 6.07) is 6.34. The number of carbonyl (C=O) groups is 1. The summed E-state index contributed by atoms with van der Waals surface area (Å²) in [7, 11) is 0. The summed E-state index contributed by atoms with van der Waals surface area (Å²) in [6.45, 7) is 0. The number of halogens is 4. The third-order valence-corrected chi connectivity index (χ3v) is 4.26. The zero-order chi connectivity index (χ0) is 17.3. The molecule has 1 aromatic carbocycles. The molecule has 0 aliphatic rings. The normalized spacial score (nSPS) is 10.7. The van der Waals surface area contributed by atoms with Crippen LogP contribution >= 0.6 is 34.5 Å². The number of carbonyl (C=O) groups excluding carboxylic acids is 1. The third kappa shape index (κ3) is 3.53. The molecule has 0 radical (unpaired) electrons. The highest BCUT2D eigenvalue weighted by atomic mass is 35.5. The van der Waals surface area contributed by atoms with Crippen LogP contribution in [0.1, 0.15) is 10.4 Å². The standard InChI is InChI=1S/C15H7Cl2F2N3OS/c16-12-4-2-8(13(17)21-12)14(23)22-15-20-11(6-24-15)7-1-3-9(18)10(19)5-7/h1-6H,(H,20,22,23). The summed E-state index contributed by atoms with van der Waals surface area (Å²) in [5.41, 5.74) is 0.956. The molecule has 3 aromatic rings. The van der Waals surface area contributed by atoms with E-state index in [2.05, 4.69) is 15.3 Å². The Morgan fingerprint density at radius 1 is 1.08 bits per heavy atom. The Hall–Kier alpha value is -2.09. The second-order valence-electron chi connectivity index (χ2n) is 4.59. The van der Waals surface area contributed by atoms with Gasteiger partial charge in [-0.3, -0.25) is 10.1 Å². The Bertz CT molecular complexity index is 933. The molecule has 9 heteroatoms. The van der Waals surface area contributed by atoms with Gasteiger partial charge in [0, 0.05) is 10.9 Å². The molecule has 0 bridgehead atoms. The Labute approximate surface area is 149 Å². The molecule has 1 amide bonds. The van der Waals surface area contributed by atoms with Gasteiger partial charge < -0.3 is 0 Å². The lowest BCUT2D eigenvalue weighted by atomic mass is 10.2. The smallest absolute Gasteiger partial charge is 0.260 e. The van der Waals surface area contributed by atoms with Crippen molar-refractivity contribution in [2.45, 2.75) is 0 Å². The topological polar surface area (TPSA) is 54.9 Å². The molecule has 4 nitrogen and oxygen atoms in total. The Morgan fingerprint density at radius 3 is 2.58 bits per heavy atom. The van der Waals surface area contributed by atoms with Gasteiger partial charge in [0.2, 0.25) is 0 Å². The van der Waals surface area contributed by atoms with Gasteiger partial charge in [0.25, 0.3) is 5.91 Å². The minimum absolute atomic E-state index is 0.0302. The Kier molecular flexibility index (Phi) is 4.75.